The van der Waals surface area contributed by atoms with Crippen molar-refractivity contribution in [3.05, 3.63) is 24.3 Å². The number of anilines is 1. The Balaban J connectivity index is 0.00000320. The number of carbonyl (C=O) groups excluding carboxylic acids is 1. The Morgan fingerprint density at radius 1 is 1.30 bits per heavy atom. The van der Waals surface area contributed by atoms with E-state index in [1.807, 2.05) is 24.3 Å². The van der Waals surface area contributed by atoms with Crippen LogP contribution in [0.5, 0.6) is 5.75 Å². The number of morpholine rings is 1. The summed E-state index contributed by atoms with van der Waals surface area (Å²) in [6.07, 6.45) is 2.47. The maximum Gasteiger partial charge on any atom is 0.221 e. The van der Waals surface area contributed by atoms with E-state index in [-0.39, 0.29) is 42.1 Å². The minimum absolute atomic E-state index is 0. The summed E-state index contributed by atoms with van der Waals surface area (Å²) in [4.78, 5) is 18.2. The molecule has 0 saturated carbocycles. The Kier molecular flexibility index (Phi) is 10.7. The number of aliphatic imine (C=N–C) groups is 1. The lowest BCUT2D eigenvalue weighted by atomic mass is 10.1. The molecule has 0 aliphatic carbocycles. The Morgan fingerprint density at radius 3 is 2.87 bits per heavy atom. The van der Waals surface area contributed by atoms with Crippen molar-refractivity contribution < 1.29 is 19.0 Å². The SMILES string of the molecule is CCNC(=NCCOc1cccc(NC(C)=O)c1)N1CCOC(C2CCCO2)C1.I. The smallest absolute Gasteiger partial charge is 0.221 e. The summed E-state index contributed by atoms with van der Waals surface area (Å²) in [6, 6.07) is 7.37. The highest BCUT2D eigenvalue weighted by atomic mass is 127. The number of hydrogen-bond donors (Lipinski definition) is 2. The number of benzene rings is 1. The minimum Gasteiger partial charge on any atom is -0.492 e. The van der Waals surface area contributed by atoms with Gasteiger partial charge in [0.15, 0.2) is 5.96 Å². The fraction of sp³-hybridized carbons (Fsp3) is 0.619. The zero-order valence-corrected chi connectivity index (χ0v) is 20.1. The maximum absolute atomic E-state index is 11.2. The Hall–Kier alpha value is -1.59. The average molecular weight is 532 g/mol. The average Bonchev–Trinajstić information content (AvgIpc) is 3.25. The van der Waals surface area contributed by atoms with Gasteiger partial charge in [-0.1, -0.05) is 6.07 Å². The number of hydrogen-bond acceptors (Lipinski definition) is 5. The van der Waals surface area contributed by atoms with Gasteiger partial charge >= 0.3 is 0 Å². The van der Waals surface area contributed by atoms with E-state index in [0.717, 1.165) is 50.7 Å². The molecule has 0 spiro atoms. The molecule has 168 valence electrons. The molecular formula is C21H33IN4O4. The van der Waals surface area contributed by atoms with E-state index in [2.05, 4.69) is 22.5 Å². The van der Waals surface area contributed by atoms with Gasteiger partial charge in [0.2, 0.25) is 5.91 Å². The molecule has 0 aromatic heterocycles. The first kappa shape index (κ1) is 24.7. The molecule has 0 radical (unpaired) electrons. The molecule has 2 saturated heterocycles. The summed E-state index contributed by atoms with van der Waals surface area (Å²) in [5, 5.41) is 6.12. The van der Waals surface area contributed by atoms with Crippen LogP contribution in [0.1, 0.15) is 26.7 Å². The monoisotopic (exact) mass is 532 g/mol. The number of carbonyl (C=O) groups is 1. The third-order valence-electron chi connectivity index (χ3n) is 4.88. The molecule has 2 heterocycles. The molecule has 30 heavy (non-hydrogen) atoms. The van der Waals surface area contributed by atoms with Crippen LogP contribution >= 0.6 is 24.0 Å². The fourth-order valence-corrected chi connectivity index (χ4v) is 3.60. The van der Waals surface area contributed by atoms with E-state index >= 15 is 0 Å². The maximum atomic E-state index is 11.2. The summed E-state index contributed by atoms with van der Waals surface area (Å²) in [5.74, 6) is 1.49. The van der Waals surface area contributed by atoms with Crippen molar-refractivity contribution in [1.82, 2.24) is 10.2 Å². The van der Waals surface area contributed by atoms with Gasteiger partial charge in [-0.2, -0.15) is 0 Å². The highest BCUT2D eigenvalue weighted by Crippen LogP contribution is 2.21. The largest absolute Gasteiger partial charge is 0.492 e. The van der Waals surface area contributed by atoms with Gasteiger partial charge in [0.1, 0.15) is 18.5 Å². The van der Waals surface area contributed by atoms with Gasteiger partial charge in [-0.05, 0) is 31.9 Å². The van der Waals surface area contributed by atoms with Gasteiger partial charge in [0.05, 0.1) is 19.3 Å². The predicted molar refractivity (Wildman–Crippen MR) is 128 cm³/mol. The van der Waals surface area contributed by atoms with E-state index in [0.29, 0.717) is 25.5 Å². The summed E-state index contributed by atoms with van der Waals surface area (Å²) in [5.41, 5.74) is 0.723. The van der Waals surface area contributed by atoms with Gasteiger partial charge in [-0.15, -0.1) is 24.0 Å². The molecule has 2 N–H and O–H groups in total. The second kappa shape index (κ2) is 13.0. The van der Waals surface area contributed by atoms with Crippen molar-refractivity contribution in [2.45, 2.75) is 38.9 Å². The molecule has 3 rings (SSSR count). The van der Waals surface area contributed by atoms with Crippen molar-refractivity contribution in [2.24, 2.45) is 4.99 Å². The van der Waals surface area contributed by atoms with Crippen molar-refractivity contribution >= 4 is 41.5 Å². The first-order valence-electron chi connectivity index (χ1n) is 10.4. The van der Waals surface area contributed by atoms with Crippen LogP contribution in [0.4, 0.5) is 5.69 Å². The van der Waals surface area contributed by atoms with E-state index in [1.54, 1.807) is 0 Å². The van der Waals surface area contributed by atoms with Gasteiger partial charge in [0, 0.05) is 44.9 Å². The Bertz CT molecular complexity index is 697. The lowest BCUT2D eigenvalue weighted by Crippen LogP contribution is -2.53. The third kappa shape index (κ3) is 7.59. The van der Waals surface area contributed by atoms with E-state index in [9.17, 15) is 4.79 Å². The van der Waals surface area contributed by atoms with Crippen LogP contribution in [-0.2, 0) is 14.3 Å². The number of guanidine groups is 1. The first-order chi connectivity index (χ1) is 14.2. The molecule has 2 aliphatic rings. The molecule has 0 bridgehead atoms. The summed E-state index contributed by atoms with van der Waals surface area (Å²) >= 11 is 0. The number of amides is 1. The highest BCUT2D eigenvalue weighted by Gasteiger charge is 2.32. The quantitative estimate of drug-likeness (QED) is 0.243. The minimum atomic E-state index is -0.103. The van der Waals surface area contributed by atoms with Gasteiger partial charge in [0.25, 0.3) is 0 Å². The van der Waals surface area contributed by atoms with Crippen molar-refractivity contribution in [3.8, 4) is 5.75 Å². The fourth-order valence-electron chi connectivity index (χ4n) is 3.60. The number of nitrogens with one attached hydrogen (secondary N) is 2. The molecule has 8 nitrogen and oxygen atoms in total. The van der Waals surface area contributed by atoms with Crippen LogP contribution < -0.4 is 15.4 Å². The topological polar surface area (TPSA) is 84.4 Å². The van der Waals surface area contributed by atoms with Crippen LogP contribution in [-0.4, -0.2) is 75.0 Å². The predicted octanol–water partition coefficient (Wildman–Crippen LogP) is 2.49. The summed E-state index contributed by atoms with van der Waals surface area (Å²) in [6.45, 7) is 8.47. The summed E-state index contributed by atoms with van der Waals surface area (Å²) in [7, 11) is 0. The molecular weight excluding hydrogens is 499 g/mol. The lowest BCUT2D eigenvalue weighted by Gasteiger charge is -2.37. The molecule has 2 unspecified atom stereocenters. The van der Waals surface area contributed by atoms with Gasteiger partial charge in [-0.3, -0.25) is 4.79 Å². The zero-order valence-electron chi connectivity index (χ0n) is 17.8. The second-order valence-corrected chi connectivity index (χ2v) is 7.20. The molecule has 1 amide bonds. The molecule has 1 aromatic carbocycles. The Labute approximate surface area is 195 Å². The lowest BCUT2D eigenvalue weighted by molar-refractivity contribution is -0.114. The molecule has 1 aromatic rings. The highest BCUT2D eigenvalue weighted by molar-refractivity contribution is 14.0. The molecule has 2 atom stereocenters. The summed E-state index contributed by atoms with van der Waals surface area (Å²) < 4.78 is 17.5. The van der Waals surface area contributed by atoms with Gasteiger partial charge < -0.3 is 29.7 Å². The van der Waals surface area contributed by atoms with Crippen LogP contribution in [0.3, 0.4) is 0 Å². The normalized spacial score (nSPS) is 21.7. The van der Waals surface area contributed by atoms with Crippen LogP contribution in [0, 0.1) is 0 Å². The van der Waals surface area contributed by atoms with Crippen LogP contribution in [0.25, 0.3) is 0 Å². The van der Waals surface area contributed by atoms with Crippen LogP contribution in [0.15, 0.2) is 29.3 Å². The third-order valence-corrected chi connectivity index (χ3v) is 4.88. The van der Waals surface area contributed by atoms with Crippen molar-refractivity contribution in [3.63, 3.8) is 0 Å². The second-order valence-electron chi connectivity index (χ2n) is 7.20. The molecule has 2 fully saturated rings. The molecule has 9 heteroatoms. The molecule has 2 aliphatic heterocycles. The van der Waals surface area contributed by atoms with E-state index in [4.69, 9.17) is 19.2 Å². The standard InChI is InChI=1S/C21H32N4O4.HI/c1-3-22-21(25-10-13-29-20(15-25)19-8-5-11-28-19)23-9-12-27-18-7-4-6-17(14-18)24-16(2)26;/h4,6-7,14,19-20H,3,5,8-13,15H2,1-2H3,(H,22,23)(H,24,26);1H. The zero-order chi connectivity index (χ0) is 20.5. The number of halogens is 1. The Morgan fingerprint density at radius 2 is 2.13 bits per heavy atom. The van der Waals surface area contributed by atoms with Gasteiger partial charge in [-0.25, -0.2) is 4.99 Å². The van der Waals surface area contributed by atoms with E-state index < -0.39 is 0 Å². The number of rotatable bonds is 7. The van der Waals surface area contributed by atoms with Crippen molar-refractivity contribution in [2.75, 3.05) is 51.3 Å². The number of nitrogens with zero attached hydrogens (tertiary/aromatic N) is 2. The van der Waals surface area contributed by atoms with Crippen molar-refractivity contribution in [1.29, 1.82) is 0 Å². The first-order valence-corrected chi connectivity index (χ1v) is 10.4. The van der Waals surface area contributed by atoms with E-state index in [1.165, 1.54) is 6.92 Å². The van der Waals surface area contributed by atoms with Crippen LogP contribution in [0.2, 0.25) is 0 Å². The number of ether oxygens (including phenoxy) is 3.